The van der Waals surface area contributed by atoms with Gasteiger partial charge in [0.1, 0.15) is 0 Å². The van der Waals surface area contributed by atoms with Gasteiger partial charge < -0.3 is 4.52 Å². The molecule has 2 aliphatic rings. The van der Waals surface area contributed by atoms with Crippen molar-refractivity contribution in [2.24, 2.45) is 13.0 Å². The molecule has 1 saturated carbocycles. The minimum Gasteiger partial charge on any atom is -0.338 e. The molecule has 1 saturated heterocycles. The third kappa shape index (κ3) is 2.52. The van der Waals surface area contributed by atoms with Crippen LogP contribution in [0.4, 0.5) is 0 Å². The Bertz CT molecular complexity index is 905. The molecule has 5 rings (SSSR count). The van der Waals surface area contributed by atoms with E-state index in [1.165, 1.54) is 17.6 Å². The van der Waals surface area contributed by atoms with Gasteiger partial charge in [-0.2, -0.15) is 9.78 Å². The third-order valence-electron chi connectivity index (χ3n) is 5.74. The van der Waals surface area contributed by atoms with Crippen molar-refractivity contribution in [1.82, 2.24) is 35.2 Å². The highest BCUT2D eigenvalue weighted by Crippen LogP contribution is 2.50. The summed E-state index contributed by atoms with van der Waals surface area (Å²) in [4.78, 5) is 8.69. The summed E-state index contributed by atoms with van der Waals surface area (Å²) in [6.45, 7) is 2.64. The third-order valence-corrected chi connectivity index (χ3v) is 5.74. The summed E-state index contributed by atoms with van der Waals surface area (Å²) in [5, 5.41) is 16.6. The predicted molar refractivity (Wildman–Crippen MR) is 92.8 cm³/mol. The molecule has 8 heteroatoms. The molecule has 134 valence electrons. The fourth-order valence-electron chi connectivity index (χ4n) is 4.58. The Hall–Kier alpha value is -2.61. The number of nitrogens with zero attached hydrogens (tertiary/aromatic N) is 7. The topological polar surface area (TPSA) is 85.8 Å². The first-order valence-corrected chi connectivity index (χ1v) is 9.08. The smallest absolute Gasteiger partial charge is 0.234 e. The highest BCUT2D eigenvalue weighted by Gasteiger charge is 2.54. The van der Waals surface area contributed by atoms with E-state index >= 15 is 0 Å². The van der Waals surface area contributed by atoms with Gasteiger partial charge >= 0.3 is 0 Å². The number of benzene rings is 1. The second kappa shape index (κ2) is 5.98. The molecular weight excluding hydrogens is 330 g/mol. The lowest BCUT2D eigenvalue weighted by Gasteiger charge is -2.24. The van der Waals surface area contributed by atoms with Gasteiger partial charge in [-0.3, -0.25) is 4.90 Å². The maximum absolute atomic E-state index is 5.77. The highest BCUT2D eigenvalue weighted by atomic mass is 16.5. The van der Waals surface area contributed by atoms with Crippen LogP contribution in [0.5, 0.6) is 0 Å². The van der Waals surface area contributed by atoms with E-state index in [1.807, 2.05) is 30.3 Å². The van der Waals surface area contributed by atoms with E-state index in [0.29, 0.717) is 18.3 Å². The molecule has 0 radical (unpaired) electrons. The average molecular weight is 351 g/mol. The Labute approximate surface area is 151 Å². The molecule has 8 nitrogen and oxygen atoms in total. The van der Waals surface area contributed by atoms with Crippen molar-refractivity contribution in [3.63, 3.8) is 0 Å². The highest BCUT2D eigenvalue weighted by molar-refractivity contribution is 5.53. The van der Waals surface area contributed by atoms with Gasteiger partial charge in [0.05, 0.1) is 19.0 Å². The second-order valence-electron chi connectivity index (χ2n) is 7.40. The minimum absolute atomic E-state index is 0.0394. The van der Waals surface area contributed by atoms with Crippen molar-refractivity contribution in [3.05, 3.63) is 42.0 Å². The fraction of sp³-hybridized carbons (Fsp3) is 0.500. The van der Waals surface area contributed by atoms with E-state index in [1.54, 1.807) is 7.05 Å². The van der Waals surface area contributed by atoms with Gasteiger partial charge in [0.25, 0.3) is 0 Å². The summed E-state index contributed by atoms with van der Waals surface area (Å²) in [6.07, 6.45) is 3.51. The van der Waals surface area contributed by atoms with Gasteiger partial charge in [0, 0.05) is 18.7 Å². The summed E-state index contributed by atoms with van der Waals surface area (Å²) < 4.78 is 5.77. The molecular formula is C18H21N7O. The molecule has 2 fully saturated rings. The molecule has 0 amide bonds. The van der Waals surface area contributed by atoms with E-state index in [2.05, 4.69) is 25.5 Å². The lowest BCUT2D eigenvalue weighted by molar-refractivity contribution is 0.243. The number of hydrogen-bond donors (Lipinski definition) is 0. The van der Waals surface area contributed by atoms with Gasteiger partial charge in [-0.25, -0.2) is 0 Å². The molecule has 2 aromatic heterocycles. The van der Waals surface area contributed by atoms with Crippen molar-refractivity contribution >= 4 is 0 Å². The second-order valence-corrected chi connectivity index (χ2v) is 7.40. The molecule has 1 aliphatic carbocycles. The predicted octanol–water partition coefficient (Wildman–Crippen LogP) is 1.81. The monoisotopic (exact) mass is 351 g/mol. The zero-order valence-electron chi connectivity index (χ0n) is 14.7. The van der Waals surface area contributed by atoms with Crippen LogP contribution in [0.3, 0.4) is 0 Å². The molecule has 0 unspecified atom stereocenters. The molecule has 1 aromatic carbocycles. The van der Waals surface area contributed by atoms with E-state index in [9.17, 15) is 0 Å². The number of aryl methyl sites for hydroxylation is 1. The molecule has 3 aromatic rings. The lowest BCUT2D eigenvalue weighted by Crippen LogP contribution is -2.32. The molecule has 3 heterocycles. The number of hydrogen-bond acceptors (Lipinski definition) is 7. The van der Waals surface area contributed by atoms with Crippen LogP contribution in [0.15, 0.2) is 34.9 Å². The van der Waals surface area contributed by atoms with Crippen LogP contribution in [0.2, 0.25) is 0 Å². The zero-order chi connectivity index (χ0) is 17.6. The summed E-state index contributed by atoms with van der Waals surface area (Å²) >= 11 is 0. The Kier molecular flexibility index (Phi) is 3.59. The average Bonchev–Trinajstić information content (AvgIpc) is 3.39. The van der Waals surface area contributed by atoms with E-state index in [4.69, 9.17) is 9.51 Å². The largest absolute Gasteiger partial charge is 0.338 e. The van der Waals surface area contributed by atoms with Gasteiger partial charge in [-0.1, -0.05) is 41.9 Å². The van der Waals surface area contributed by atoms with Crippen LogP contribution < -0.4 is 0 Å². The Morgan fingerprint density at radius 3 is 2.96 bits per heavy atom. The van der Waals surface area contributed by atoms with E-state index in [-0.39, 0.29) is 5.41 Å². The first kappa shape index (κ1) is 15.6. The van der Waals surface area contributed by atoms with Crippen LogP contribution in [-0.2, 0) is 19.0 Å². The Morgan fingerprint density at radius 2 is 2.15 bits per heavy atom. The number of tetrazole rings is 1. The van der Waals surface area contributed by atoms with Gasteiger partial charge in [-0.05, 0) is 24.0 Å². The summed E-state index contributed by atoms with van der Waals surface area (Å²) in [5.41, 5.74) is 0.953. The van der Waals surface area contributed by atoms with E-state index in [0.717, 1.165) is 36.8 Å². The van der Waals surface area contributed by atoms with Gasteiger partial charge in [0.2, 0.25) is 11.7 Å². The van der Waals surface area contributed by atoms with Crippen molar-refractivity contribution in [2.75, 3.05) is 13.1 Å². The lowest BCUT2D eigenvalue weighted by atomic mass is 9.80. The molecule has 1 aliphatic heterocycles. The number of likely N-dealkylation sites (tertiary alicyclic amines) is 1. The fourth-order valence-corrected chi connectivity index (χ4v) is 4.58. The van der Waals surface area contributed by atoms with Crippen LogP contribution >= 0.6 is 0 Å². The molecule has 2 atom stereocenters. The van der Waals surface area contributed by atoms with Crippen LogP contribution in [0.25, 0.3) is 11.4 Å². The summed E-state index contributed by atoms with van der Waals surface area (Å²) in [7, 11) is 1.79. The Balaban J connectivity index is 1.41. The molecule has 0 spiro atoms. The number of rotatable bonds is 4. The number of fused-ring (bicyclic) bond motifs is 1. The standard InChI is InChI=1S/C18H21N7O/c1-24-21-15(20-23-24)11-25-10-14-8-5-9-18(14,12-25)17-19-16(22-26-17)13-6-3-2-4-7-13/h2-4,6-7,14H,5,8-12H2,1H3/t14-,18-/m1/s1. The zero-order valence-corrected chi connectivity index (χ0v) is 14.7. The van der Waals surface area contributed by atoms with E-state index < -0.39 is 0 Å². The van der Waals surface area contributed by atoms with Gasteiger partial charge in [-0.15, -0.1) is 10.2 Å². The molecule has 0 bridgehead atoms. The van der Waals surface area contributed by atoms with Crippen LogP contribution in [0, 0.1) is 5.92 Å². The normalized spacial score (nSPS) is 25.7. The van der Waals surface area contributed by atoms with Crippen molar-refractivity contribution in [3.8, 4) is 11.4 Å². The van der Waals surface area contributed by atoms with Crippen molar-refractivity contribution in [2.45, 2.75) is 31.2 Å². The summed E-state index contributed by atoms with van der Waals surface area (Å²) in [6, 6.07) is 10.0. The first-order chi connectivity index (χ1) is 12.7. The Morgan fingerprint density at radius 1 is 1.27 bits per heavy atom. The maximum Gasteiger partial charge on any atom is 0.234 e. The minimum atomic E-state index is -0.0394. The summed E-state index contributed by atoms with van der Waals surface area (Å²) in [5.74, 6) is 2.77. The van der Waals surface area contributed by atoms with Crippen molar-refractivity contribution in [1.29, 1.82) is 0 Å². The first-order valence-electron chi connectivity index (χ1n) is 9.08. The SMILES string of the molecule is Cn1nnc(CN2C[C@H]3CCC[C@@]3(c3nc(-c4ccccc4)no3)C2)n1. The maximum atomic E-state index is 5.77. The van der Waals surface area contributed by atoms with Crippen molar-refractivity contribution < 1.29 is 4.52 Å². The molecule has 0 N–H and O–H groups in total. The molecule has 26 heavy (non-hydrogen) atoms. The quantitative estimate of drug-likeness (QED) is 0.708. The van der Waals surface area contributed by atoms with Crippen LogP contribution in [-0.4, -0.2) is 48.3 Å². The van der Waals surface area contributed by atoms with Gasteiger partial charge in [0.15, 0.2) is 5.82 Å². The van der Waals surface area contributed by atoms with Crippen LogP contribution in [0.1, 0.15) is 31.0 Å². The number of aromatic nitrogens is 6.